The number of nitrogens with two attached hydrogens (primary N) is 1. The highest BCUT2D eigenvalue weighted by Gasteiger charge is 2.58. The van der Waals surface area contributed by atoms with E-state index in [1.54, 1.807) is 12.1 Å². The molecule has 3 aromatic rings. The zero-order valence-electron chi connectivity index (χ0n) is 24.2. The highest BCUT2D eigenvalue weighted by molar-refractivity contribution is 7.80. The molecule has 2 atom stereocenters. The summed E-state index contributed by atoms with van der Waals surface area (Å²) in [5, 5.41) is 21.9. The second-order valence-electron chi connectivity index (χ2n) is 11.0. The van der Waals surface area contributed by atoms with Gasteiger partial charge in [0.25, 0.3) is 17.9 Å². The van der Waals surface area contributed by atoms with Crippen molar-refractivity contribution in [1.29, 1.82) is 0 Å². The monoisotopic (exact) mass is 667 g/mol. The van der Waals surface area contributed by atoms with Crippen molar-refractivity contribution in [3.63, 3.8) is 0 Å². The first-order valence-electron chi connectivity index (χ1n) is 13.5. The van der Waals surface area contributed by atoms with Crippen molar-refractivity contribution in [2.45, 2.75) is 38.1 Å². The van der Waals surface area contributed by atoms with Crippen LogP contribution in [-0.2, 0) is 47.5 Å². The molecule has 2 fully saturated rings. The fraction of sp³-hybridized carbons (Fsp3) is 0.440. The number of nitrogens with zero attached hydrogens (tertiary/aromatic N) is 5. The number of hydroxylamine groups is 2. The van der Waals surface area contributed by atoms with Crippen LogP contribution >= 0.6 is 11.3 Å². The first kappa shape index (κ1) is 32.0. The summed E-state index contributed by atoms with van der Waals surface area (Å²) >= 11 is 0.968. The van der Waals surface area contributed by atoms with E-state index in [2.05, 4.69) is 29.7 Å². The largest absolute Gasteiger partial charge is 0.489 e. The summed E-state index contributed by atoms with van der Waals surface area (Å²) in [7, 11) is -3.07. The number of rotatable bonds is 13. The number of nitrogens with one attached hydrogen (secondary N) is 2. The van der Waals surface area contributed by atoms with Gasteiger partial charge in [-0.15, -0.1) is 20.3 Å². The lowest BCUT2D eigenvalue weighted by atomic mass is 9.84. The van der Waals surface area contributed by atoms with E-state index in [1.807, 2.05) is 24.0 Å². The lowest BCUT2D eigenvalue weighted by Crippen LogP contribution is -2.76. The van der Waals surface area contributed by atoms with Gasteiger partial charge in [-0.2, -0.15) is 18.2 Å². The third kappa shape index (κ3) is 6.83. The molecule has 2 aromatic heterocycles. The number of carbonyl (C=O) groups is 3. The van der Waals surface area contributed by atoms with E-state index in [0.717, 1.165) is 41.9 Å². The molecular formula is C25H31N8O10S2+. The lowest BCUT2D eigenvalue weighted by molar-refractivity contribution is -0.751. The molecule has 18 nitrogen and oxygen atoms in total. The van der Waals surface area contributed by atoms with E-state index in [0.29, 0.717) is 16.7 Å². The average molecular weight is 668 g/mol. The molecule has 0 saturated carbocycles. The Morgan fingerprint density at radius 2 is 2.09 bits per heavy atom. The molecule has 0 unspecified atom stereocenters. The number of carboxylic acids is 1. The molecule has 45 heavy (non-hydrogen) atoms. The minimum absolute atomic E-state index is 0.0679. The van der Waals surface area contributed by atoms with Gasteiger partial charge >= 0.3 is 16.4 Å². The number of ether oxygens (including phenoxy) is 1. The Bertz CT molecular complexity index is 1780. The van der Waals surface area contributed by atoms with Crippen LogP contribution in [0.25, 0.3) is 10.9 Å². The number of carboxylic acid groups (broad SMARTS) is 1. The van der Waals surface area contributed by atoms with Crippen molar-refractivity contribution >= 4 is 61.3 Å². The fourth-order valence-corrected chi connectivity index (χ4v) is 5.81. The lowest BCUT2D eigenvalue weighted by Gasteiger charge is -2.50. The topological polar surface area (TPSA) is 241 Å². The van der Waals surface area contributed by atoms with Crippen LogP contribution < -0.4 is 25.8 Å². The van der Waals surface area contributed by atoms with Gasteiger partial charge in [-0.3, -0.25) is 14.1 Å². The number of fused-ring (bicyclic) bond motifs is 1. The van der Waals surface area contributed by atoms with Gasteiger partial charge in [0.05, 0.1) is 17.5 Å². The van der Waals surface area contributed by atoms with Crippen LogP contribution in [0.15, 0.2) is 34.9 Å². The second-order valence-corrected chi connectivity index (χ2v) is 12.9. The number of nitrogen functional groups attached to an aromatic ring is 1. The number of thiazole rings is 1. The van der Waals surface area contributed by atoms with Crippen LogP contribution in [-0.4, -0.2) is 93.7 Å². The Hall–Kier alpha value is -4.37. The zero-order chi connectivity index (χ0) is 32.7. The van der Waals surface area contributed by atoms with Crippen molar-refractivity contribution in [3.8, 4) is 5.75 Å². The highest BCUT2D eigenvalue weighted by atomic mass is 32.3. The van der Waals surface area contributed by atoms with Gasteiger partial charge in [-0.05, 0) is 32.0 Å². The Morgan fingerprint density at radius 3 is 2.67 bits per heavy atom. The molecule has 0 spiro atoms. The molecule has 0 radical (unpaired) electrons. The maximum Gasteiger partial charge on any atom is 0.418 e. The molecule has 6 N–H and O–H groups in total. The van der Waals surface area contributed by atoms with Gasteiger partial charge < -0.3 is 31.0 Å². The van der Waals surface area contributed by atoms with Gasteiger partial charge in [0.15, 0.2) is 17.9 Å². The van der Waals surface area contributed by atoms with Crippen molar-refractivity contribution in [2.24, 2.45) is 18.1 Å². The number of β-lactam (4-membered cyclic amide) rings is 1. The van der Waals surface area contributed by atoms with Crippen molar-refractivity contribution in [1.82, 2.24) is 25.4 Å². The number of carbonyl (C=O) groups excluding carboxylic acids is 2. The number of oxime groups is 1. The summed E-state index contributed by atoms with van der Waals surface area (Å²) in [6.07, 6.45) is 0.280. The molecule has 2 amide bonds. The zero-order valence-corrected chi connectivity index (χ0v) is 25.9. The van der Waals surface area contributed by atoms with E-state index in [4.69, 9.17) is 19.9 Å². The molecule has 1 aromatic carbocycles. The highest BCUT2D eigenvalue weighted by Crippen LogP contribution is 2.33. The van der Waals surface area contributed by atoms with E-state index in [-0.39, 0.29) is 10.8 Å². The predicted octanol–water partition coefficient (Wildman–Crippen LogP) is -1.18. The van der Waals surface area contributed by atoms with Crippen LogP contribution in [0.3, 0.4) is 0 Å². The minimum atomic E-state index is -5.01. The molecule has 20 heteroatoms. The Kier molecular flexibility index (Phi) is 8.68. The third-order valence-corrected chi connectivity index (χ3v) is 8.34. The van der Waals surface area contributed by atoms with Crippen LogP contribution in [0.1, 0.15) is 19.5 Å². The molecule has 5 rings (SSSR count). The Balaban J connectivity index is 1.29. The van der Waals surface area contributed by atoms with E-state index in [1.165, 1.54) is 19.2 Å². The molecule has 242 valence electrons. The van der Waals surface area contributed by atoms with E-state index >= 15 is 0 Å². The average Bonchev–Trinajstić information content (AvgIpc) is 3.50. The standard InChI is InChI=1S/C25H30N8O10S2/c1-25(2)20(22(35)33(25)43-45(38,39)40)29-21(34)19(16-12-44-24(26)28-16)30-42-18(23(36)37)11-41-15-4-5-17-14(6-15)10-31(3)32(17)9-13-7-27-8-13/h4-6,10,12-13,18,20,27H,7-9,11H2,1-3H3,(H4-,26,28,29,34,36,37,38,39,40)/p+1/b30-19-/t18-,20-/m1/s1. The molecule has 0 aliphatic carbocycles. The summed E-state index contributed by atoms with van der Waals surface area (Å²) in [5.74, 6) is -2.50. The van der Waals surface area contributed by atoms with Crippen LogP contribution in [0.4, 0.5) is 5.13 Å². The Labute approximate surface area is 260 Å². The fourth-order valence-electron chi connectivity index (χ4n) is 4.81. The smallest absolute Gasteiger partial charge is 0.418 e. The molecule has 0 bridgehead atoms. The van der Waals surface area contributed by atoms with Crippen molar-refractivity contribution < 1.29 is 51.0 Å². The number of amides is 2. The van der Waals surface area contributed by atoms with Gasteiger partial charge in [-0.1, -0.05) is 5.16 Å². The number of anilines is 1. The molecule has 2 aliphatic rings. The van der Waals surface area contributed by atoms with Gasteiger partial charge in [0, 0.05) is 24.4 Å². The summed E-state index contributed by atoms with van der Waals surface area (Å²) < 4.78 is 45.3. The van der Waals surface area contributed by atoms with E-state index in [9.17, 15) is 27.9 Å². The number of hydrogen-bond donors (Lipinski definition) is 5. The number of aromatic nitrogens is 3. The Morgan fingerprint density at radius 1 is 1.36 bits per heavy atom. The first-order valence-corrected chi connectivity index (χ1v) is 15.7. The van der Waals surface area contributed by atoms with E-state index < -0.39 is 58.2 Å². The number of aliphatic carboxylic acids is 1. The maximum atomic E-state index is 13.2. The quantitative estimate of drug-likeness (QED) is 0.0475. The number of benzene rings is 1. The first-order chi connectivity index (χ1) is 21.1. The van der Waals surface area contributed by atoms with Crippen LogP contribution in [0, 0.1) is 5.92 Å². The molecular weight excluding hydrogens is 636 g/mol. The van der Waals surface area contributed by atoms with Crippen LogP contribution in [0.2, 0.25) is 0 Å². The summed E-state index contributed by atoms with van der Waals surface area (Å²) in [6.45, 7) is 5.03. The predicted molar refractivity (Wildman–Crippen MR) is 156 cm³/mol. The molecule has 2 saturated heterocycles. The van der Waals surface area contributed by atoms with Crippen molar-refractivity contribution in [3.05, 3.63) is 35.5 Å². The third-order valence-electron chi connectivity index (χ3n) is 7.33. The minimum Gasteiger partial charge on any atom is -0.489 e. The SMILES string of the molecule is C[n+]1cc2cc(OC[C@@H](O/N=C(\C(=O)N[C@@H]3C(=O)N(OS(=O)(=O)O)C3(C)C)c3csc(N)n3)C(=O)O)ccc2n1CC1CNC1. The number of aryl methyl sites for hydroxylation is 1. The van der Waals surface area contributed by atoms with Crippen LogP contribution in [0.5, 0.6) is 5.75 Å². The summed E-state index contributed by atoms with van der Waals surface area (Å²) in [4.78, 5) is 46.9. The summed E-state index contributed by atoms with van der Waals surface area (Å²) in [5.41, 5.74) is 4.69. The molecule has 4 heterocycles. The second kappa shape index (κ2) is 12.2. The normalized spacial score (nSPS) is 19.1. The molecule has 2 aliphatic heterocycles. The van der Waals surface area contributed by atoms with Gasteiger partial charge in [0.1, 0.15) is 29.6 Å². The van der Waals surface area contributed by atoms with Gasteiger partial charge in [-0.25, -0.2) is 9.78 Å². The summed E-state index contributed by atoms with van der Waals surface area (Å²) in [6, 6.07) is 4.05. The van der Waals surface area contributed by atoms with Gasteiger partial charge in [0.2, 0.25) is 6.20 Å². The van der Waals surface area contributed by atoms with Crippen molar-refractivity contribution in [2.75, 3.05) is 25.4 Å². The maximum absolute atomic E-state index is 13.2. The number of hydrogen-bond acceptors (Lipinski definition) is 13.